The Kier molecular flexibility index (Phi) is 4.56. The monoisotopic (exact) mass is 304 g/mol. The maximum absolute atomic E-state index is 12.0. The van der Waals surface area contributed by atoms with Gasteiger partial charge in [0.2, 0.25) is 12.7 Å². The van der Waals surface area contributed by atoms with Crippen LogP contribution in [0.1, 0.15) is 5.56 Å². The Hall–Kier alpha value is -1.96. The molecule has 116 valence electrons. The van der Waals surface area contributed by atoms with Crippen LogP contribution in [0.5, 0.6) is 11.5 Å². The molecule has 0 aromatic heterocycles. The molecule has 0 aliphatic carbocycles. The summed E-state index contributed by atoms with van der Waals surface area (Å²) in [4.78, 5) is 13.0. The number of benzene rings is 1. The van der Waals surface area contributed by atoms with Gasteiger partial charge in [0.05, 0.1) is 6.54 Å². The Bertz CT molecular complexity index is 520. The Balaban J connectivity index is 1.81. The van der Waals surface area contributed by atoms with Crippen molar-refractivity contribution in [3.8, 4) is 11.5 Å². The number of likely N-dealkylation sites (N-methyl/N-ethyl adjacent to an activating group) is 1. The Morgan fingerprint density at radius 1 is 1.33 bits per heavy atom. The maximum atomic E-state index is 12.0. The van der Waals surface area contributed by atoms with E-state index in [1.54, 1.807) is 24.1 Å². The lowest BCUT2D eigenvalue weighted by Crippen LogP contribution is -2.39. The molecule has 1 N–H and O–H groups in total. The molecule has 1 amide bonds. The third kappa shape index (κ3) is 4.82. The number of nitrogens with one attached hydrogen (secondary N) is 1. The van der Waals surface area contributed by atoms with Crippen molar-refractivity contribution in [3.63, 3.8) is 0 Å². The number of carbonyl (C=O) groups excluding carboxylic acids is 1. The molecule has 0 atom stereocenters. The number of nitrogens with zero attached hydrogens (tertiary/aromatic N) is 1. The first-order valence-electron chi connectivity index (χ1n) is 6.24. The summed E-state index contributed by atoms with van der Waals surface area (Å²) in [6.07, 6.45) is -4.40. The van der Waals surface area contributed by atoms with E-state index in [-0.39, 0.29) is 13.3 Å². The Morgan fingerprint density at radius 3 is 2.76 bits per heavy atom. The lowest BCUT2D eigenvalue weighted by molar-refractivity contribution is -0.138. The SMILES string of the molecule is CN(CC(=O)NCC(F)(F)F)Cc1ccc2c(c1)OCO2. The maximum Gasteiger partial charge on any atom is 0.405 e. The second-order valence-corrected chi connectivity index (χ2v) is 4.75. The van der Waals surface area contributed by atoms with E-state index in [1.165, 1.54) is 0 Å². The van der Waals surface area contributed by atoms with Gasteiger partial charge < -0.3 is 14.8 Å². The molecule has 1 aromatic rings. The summed E-state index contributed by atoms with van der Waals surface area (Å²) in [5.74, 6) is 0.613. The van der Waals surface area contributed by atoms with Gasteiger partial charge in [-0.15, -0.1) is 0 Å². The van der Waals surface area contributed by atoms with Gasteiger partial charge in [0.25, 0.3) is 0 Å². The van der Waals surface area contributed by atoms with Crippen LogP contribution >= 0.6 is 0 Å². The molecule has 0 radical (unpaired) electrons. The number of rotatable bonds is 5. The largest absolute Gasteiger partial charge is 0.454 e. The topological polar surface area (TPSA) is 50.8 Å². The van der Waals surface area contributed by atoms with Crippen LogP contribution in [0.3, 0.4) is 0 Å². The van der Waals surface area contributed by atoms with E-state index in [4.69, 9.17) is 9.47 Å². The summed E-state index contributed by atoms with van der Waals surface area (Å²) in [6.45, 7) is -0.848. The highest BCUT2D eigenvalue weighted by Crippen LogP contribution is 2.32. The van der Waals surface area contributed by atoms with Crippen molar-refractivity contribution in [3.05, 3.63) is 23.8 Å². The van der Waals surface area contributed by atoms with Crippen molar-refractivity contribution in [2.75, 3.05) is 26.9 Å². The van der Waals surface area contributed by atoms with Gasteiger partial charge in [-0.3, -0.25) is 9.69 Å². The standard InChI is InChI=1S/C13H15F3N2O3/c1-18(6-12(19)17-7-13(14,15)16)5-9-2-3-10-11(4-9)21-8-20-10/h2-4H,5-8H2,1H3,(H,17,19). The van der Waals surface area contributed by atoms with Crippen LogP contribution in [0.15, 0.2) is 18.2 Å². The molecule has 1 heterocycles. The molecule has 21 heavy (non-hydrogen) atoms. The molecular formula is C13H15F3N2O3. The van der Waals surface area contributed by atoms with Crippen molar-refractivity contribution in [2.45, 2.75) is 12.7 Å². The molecule has 0 saturated carbocycles. The summed E-state index contributed by atoms with van der Waals surface area (Å²) >= 11 is 0. The number of fused-ring (bicyclic) bond motifs is 1. The fourth-order valence-electron chi connectivity index (χ4n) is 1.91. The van der Waals surface area contributed by atoms with Gasteiger partial charge in [-0.2, -0.15) is 13.2 Å². The smallest absolute Gasteiger partial charge is 0.405 e. The molecule has 0 saturated heterocycles. The molecule has 0 unspecified atom stereocenters. The van der Waals surface area contributed by atoms with Crippen LogP contribution in [0, 0.1) is 0 Å². The van der Waals surface area contributed by atoms with E-state index in [0.717, 1.165) is 5.56 Å². The predicted octanol–water partition coefficient (Wildman–Crippen LogP) is 1.53. The highest BCUT2D eigenvalue weighted by Gasteiger charge is 2.27. The van der Waals surface area contributed by atoms with Crippen LogP contribution in [-0.4, -0.2) is 43.9 Å². The van der Waals surface area contributed by atoms with Crippen molar-refractivity contribution >= 4 is 5.91 Å². The predicted molar refractivity (Wildman–Crippen MR) is 68.0 cm³/mol. The number of ether oxygens (including phenoxy) is 2. The molecule has 2 rings (SSSR count). The van der Waals surface area contributed by atoms with E-state index in [1.807, 2.05) is 11.4 Å². The molecule has 1 aliphatic heterocycles. The van der Waals surface area contributed by atoms with Gasteiger partial charge in [-0.25, -0.2) is 0 Å². The average Bonchev–Trinajstić information content (AvgIpc) is 2.82. The number of alkyl halides is 3. The number of halogens is 3. The molecule has 1 aromatic carbocycles. The van der Waals surface area contributed by atoms with E-state index in [0.29, 0.717) is 18.0 Å². The summed E-state index contributed by atoms with van der Waals surface area (Å²) < 4.78 is 46.3. The van der Waals surface area contributed by atoms with Crippen LogP contribution in [0.2, 0.25) is 0 Å². The number of hydrogen-bond donors (Lipinski definition) is 1. The van der Waals surface area contributed by atoms with Gasteiger partial charge in [-0.1, -0.05) is 6.07 Å². The molecular weight excluding hydrogens is 289 g/mol. The van der Waals surface area contributed by atoms with Gasteiger partial charge in [0, 0.05) is 6.54 Å². The summed E-state index contributed by atoms with van der Waals surface area (Å²) in [6, 6.07) is 5.36. The molecule has 0 bridgehead atoms. The van der Waals surface area contributed by atoms with Crippen molar-refractivity contribution < 1.29 is 27.4 Å². The molecule has 0 spiro atoms. The first kappa shape index (κ1) is 15.4. The minimum absolute atomic E-state index is 0.121. The van der Waals surface area contributed by atoms with Crippen molar-refractivity contribution in [1.82, 2.24) is 10.2 Å². The molecule has 5 nitrogen and oxygen atoms in total. The number of hydrogen-bond acceptors (Lipinski definition) is 4. The second-order valence-electron chi connectivity index (χ2n) is 4.75. The van der Waals surface area contributed by atoms with Crippen LogP contribution in [0.25, 0.3) is 0 Å². The number of carbonyl (C=O) groups is 1. The van der Waals surface area contributed by atoms with Gasteiger partial charge in [0.1, 0.15) is 6.54 Å². The van der Waals surface area contributed by atoms with Gasteiger partial charge in [0.15, 0.2) is 11.5 Å². The second kappa shape index (κ2) is 6.21. The summed E-state index contributed by atoms with van der Waals surface area (Å²) in [7, 11) is 1.65. The van der Waals surface area contributed by atoms with Crippen LogP contribution in [0.4, 0.5) is 13.2 Å². The van der Waals surface area contributed by atoms with Crippen molar-refractivity contribution in [2.24, 2.45) is 0 Å². The zero-order chi connectivity index (χ0) is 15.5. The molecule has 1 aliphatic rings. The zero-order valence-corrected chi connectivity index (χ0v) is 11.4. The van der Waals surface area contributed by atoms with E-state index in [2.05, 4.69) is 0 Å². The fourth-order valence-corrected chi connectivity index (χ4v) is 1.91. The minimum Gasteiger partial charge on any atom is -0.454 e. The van der Waals surface area contributed by atoms with Crippen molar-refractivity contribution in [1.29, 1.82) is 0 Å². The first-order chi connectivity index (χ1) is 9.83. The lowest BCUT2D eigenvalue weighted by Gasteiger charge is -2.17. The Labute approximate surface area is 119 Å². The lowest BCUT2D eigenvalue weighted by atomic mass is 10.2. The molecule has 8 heteroatoms. The van der Waals surface area contributed by atoms with E-state index in [9.17, 15) is 18.0 Å². The molecule has 0 fully saturated rings. The normalized spacial score (nSPS) is 13.6. The third-order valence-electron chi connectivity index (χ3n) is 2.79. The highest BCUT2D eigenvalue weighted by molar-refractivity contribution is 5.78. The van der Waals surface area contributed by atoms with Crippen LogP contribution in [-0.2, 0) is 11.3 Å². The van der Waals surface area contributed by atoms with E-state index < -0.39 is 18.6 Å². The Morgan fingerprint density at radius 2 is 2.05 bits per heavy atom. The quantitative estimate of drug-likeness (QED) is 0.896. The first-order valence-corrected chi connectivity index (χ1v) is 6.24. The third-order valence-corrected chi connectivity index (χ3v) is 2.79. The van der Waals surface area contributed by atoms with Gasteiger partial charge in [-0.05, 0) is 24.7 Å². The fraction of sp³-hybridized carbons (Fsp3) is 0.462. The highest BCUT2D eigenvalue weighted by atomic mass is 19.4. The summed E-state index contributed by atoms with van der Waals surface area (Å²) in [5.41, 5.74) is 0.880. The van der Waals surface area contributed by atoms with E-state index >= 15 is 0 Å². The zero-order valence-electron chi connectivity index (χ0n) is 11.4. The number of amides is 1. The van der Waals surface area contributed by atoms with Crippen LogP contribution < -0.4 is 14.8 Å². The minimum atomic E-state index is -4.40. The average molecular weight is 304 g/mol. The summed E-state index contributed by atoms with van der Waals surface area (Å²) in [5, 5.41) is 1.83. The van der Waals surface area contributed by atoms with Gasteiger partial charge >= 0.3 is 6.18 Å².